The van der Waals surface area contributed by atoms with E-state index in [4.69, 9.17) is 0 Å². The minimum atomic E-state index is 0. The van der Waals surface area contributed by atoms with E-state index in [9.17, 15) is 0 Å². The van der Waals surface area contributed by atoms with Gasteiger partial charge in [0.15, 0.2) is 0 Å². The van der Waals surface area contributed by atoms with Crippen molar-refractivity contribution in [2.45, 2.75) is 0 Å². The summed E-state index contributed by atoms with van der Waals surface area (Å²) >= 11 is 0. The van der Waals surface area contributed by atoms with Gasteiger partial charge in [-0.25, -0.2) is 0 Å². The van der Waals surface area contributed by atoms with E-state index in [0.29, 0.717) is 0 Å². The number of rotatable bonds is 0. The Kier molecular flexibility index (Phi) is 104. The molecule has 0 atom stereocenters. The molecule has 0 aliphatic rings. The smallest absolute Gasteiger partial charge is 2.00 e. The van der Waals surface area contributed by atoms with Crippen LogP contribution in [0.5, 0.6) is 0 Å². The Morgan fingerprint density at radius 3 is 1.25 bits per heavy atom. The van der Waals surface area contributed by atoms with Gasteiger partial charge in [0.2, 0.25) is 0 Å². The molecular weight excluding hydrogens is 347 g/mol. The first-order valence-corrected chi connectivity index (χ1v) is 0. The maximum absolute atomic E-state index is 0. The molecule has 0 saturated heterocycles. The van der Waals surface area contributed by atoms with Crippen LogP contribution in [-0.2, 0) is 60.3 Å². The van der Waals surface area contributed by atoms with Crippen molar-refractivity contribution in [1.82, 2.24) is 0 Å². The molecular formula is H2BaCdSZn. The molecule has 0 N–H and O–H groups in total. The van der Waals surface area contributed by atoms with E-state index in [1.165, 1.54) is 0 Å². The minimum Gasteiger partial charge on any atom is -2.00 e. The average Bonchev–Trinajstić information content (AvgIpc) is 0. The molecule has 4 heavy (non-hydrogen) atoms. The van der Waals surface area contributed by atoms with Crippen LogP contribution in [0.3, 0.4) is 0 Å². The van der Waals surface area contributed by atoms with Gasteiger partial charge in [-0.05, 0) is 0 Å². The number of hydrogen-bond donors (Lipinski definition) is 0. The van der Waals surface area contributed by atoms with Crippen LogP contribution in [0.2, 0.25) is 0 Å². The SMILES string of the molecule is [Ba+2].[Cd+2].[H-].[H-].[S-2].[Zn]. The van der Waals surface area contributed by atoms with E-state index >= 15 is 0 Å². The van der Waals surface area contributed by atoms with Gasteiger partial charge in [0, 0.05) is 19.5 Å². The van der Waals surface area contributed by atoms with Crippen LogP contribution in [0, 0.1) is 0 Å². The quantitative estimate of drug-likeness (QED) is 0.533. The monoisotopic (exact) mass is 350 g/mol. The molecule has 0 nitrogen and oxygen atoms in total. The third-order valence-electron chi connectivity index (χ3n) is 0. The normalized spacial score (nSPS) is 0. The van der Waals surface area contributed by atoms with Gasteiger partial charge in [-0.3, -0.25) is 0 Å². The first-order valence-electron chi connectivity index (χ1n) is 0. The van der Waals surface area contributed by atoms with Gasteiger partial charge in [-0.1, -0.05) is 0 Å². The maximum atomic E-state index is 0. The van der Waals surface area contributed by atoms with Crippen LogP contribution in [0.4, 0.5) is 0 Å². The van der Waals surface area contributed by atoms with Crippen LogP contribution >= 0.6 is 0 Å². The van der Waals surface area contributed by atoms with Crippen molar-refractivity contribution in [3.05, 3.63) is 0 Å². The summed E-state index contributed by atoms with van der Waals surface area (Å²) in [6.07, 6.45) is 0. The van der Waals surface area contributed by atoms with E-state index in [2.05, 4.69) is 0 Å². The van der Waals surface area contributed by atoms with Gasteiger partial charge in [0.25, 0.3) is 0 Å². The summed E-state index contributed by atoms with van der Waals surface area (Å²) < 4.78 is 0. The zero-order chi connectivity index (χ0) is 0. The standard InChI is InChI=1S/Ba.Cd.S.Zn.2H/q2*+2;-2;;2*-1. The second kappa shape index (κ2) is 16.1. The molecule has 0 aliphatic carbocycles. The van der Waals surface area contributed by atoms with E-state index in [1.54, 1.807) is 0 Å². The molecule has 0 unspecified atom stereocenters. The van der Waals surface area contributed by atoms with Gasteiger partial charge < -0.3 is 16.3 Å². The molecule has 14 valence electrons. The van der Waals surface area contributed by atoms with Crippen molar-refractivity contribution in [1.29, 1.82) is 0 Å². The van der Waals surface area contributed by atoms with Crippen molar-refractivity contribution in [2.75, 3.05) is 0 Å². The molecule has 0 aromatic heterocycles. The summed E-state index contributed by atoms with van der Waals surface area (Å²) in [7, 11) is 0. The van der Waals surface area contributed by atoms with Crippen LogP contribution in [-0.4, -0.2) is 48.9 Å². The molecule has 4 heteroatoms. The molecule has 0 bridgehead atoms. The first kappa shape index (κ1) is 26.0. The topological polar surface area (TPSA) is 0 Å². The average molecular weight is 349 g/mol. The van der Waals surface area contributed by atoms with Gasteiger partial charge >= 0.3 is 76.2 Å². The second-order valence-electron chi connectivity index (χ2n) is 0. The summed E-state index contributed by atoms with van der Waals surface area (Å²) in [5.41, 5.74) is 0. The molecule has 0 fully saturated rings. The number of hydrogen-bond acceptors (Lipinski definition) is 0. The fraction of sp³-hybridized carbons (Fsp3) is 0. The van der Waals surface area contributed by atoms with Crippen molar-refractivity contribution in [3.8, 4) is 0 Å². The van der Waals surface area contributed by atoms with Gasteiger partial charge in [0.05, 0.1) is 0 Å². The second-order valence-corrected chi connectivity index (χ2v) is 0. The minimum absolute atomic E-state index is 0. The zero-order valence-electron chi connectivity index (χ0n) is 4.53. The molecule has 0 heterocycles. The van der Waals surface area contributed by atoms with E-state index in [1.807, 2.05) is 0 Å². The summed E-state index contributed by atoms with van der Waals surface area (Å²) in [6, 6.07) is 0. The van der Waals surface area contributed by atoms with Gasteiger partial charge in [0.1, 0.15) is 0 Å². The first-order chi connectivity index (χ1) is 0. The summed E-state index contributed by atoms with van der Waals surface area (Å²) in [4.78, 5) is 0. The van der Waals surface area contributed by atoms with Crippen molar-refractivity contribution < 1.29 is 49.6 Å². The summed E-state index contributed by atoms with van der Waals surface area (Å²) in [5, 5.41) is 0. The molecule has 0 aliphatic heterocycles. The van der Waals surface area contributed by atoms with Crippen LogP contribution in [0.15, 0.2) is 0 Å². The molecule has 0 aromatic carbocycles. The summed E-state index contributed by atoms with van der Waals surface area (Å²) in [6.45, 7) is 0. The molecule has 0 rings (SSSR count). The predicted molar refractivity (Wildman–Crippen MR) is 15.3 cm³/mol. The zero-order valence-corrected chi connectivity index (χ0v) is 14.8. The van der Waals surface area contributed by atoms with Gasteiger partial charge in [-0.2, -0.15) is 0 Å². The fourth-order valence-corrected chi connectivity index (χ4v) is 0. The Hall–Kier alpha value is 3.47. The fourth-order valence-electron chi connectivity index (χ4n) is 0. The molecule has 0 aromatic rings. The van der Waals surface area contributed by atoms with E-state index in [-0.39, 0.29) is 112 Å². The predicted octanol–water partition coefficient (Wildman–Crippen LogP) is -0.163. The molecule has 0 radical (unpaired) electrons. The van der Waals surface area contributed by atoms with E-state index < -0.39 is 0 Å². The van der Waals surface area contributed by atoms with Crippen molar-refractivity contribution in [2.24, 2.45) is 0 Å². The summed E-state index contributed by atoms with van der Waals surface area (Å²) in [5.74, 6) is 0. The Labute approximate surface area is 109 Å². The largest absolute Gasteiger partial charge is 2.00 e. The Morgan fingerprint density at radius 2 is 1.25 bits per heavy atom. The van der Waals surface area contributed by atoms with Crippen molar-refractivity contribution in [3.63, 3.8) is 0 Å². The Balaban J connectivity index is 0. The molecule has 0 amide bonds. The molecule has 0 saturated carbocycles. The Morgan fingerprint density at radius 1 is 1.25 bits per heavy atom. The van der Waals surface area contributed by atoms with Crippen LogP contribution in [0.25, 0.3) is 0 Å². The van der Waals surface area contributed by atoms with Crippen LogP contribution in [0.1, 0.15) is 2.85 Å². The third-order valence-corrected chi connectivity index (χ3v) is 0. The van der Waals surface area contributed by atoms with Gasteiger partial charge in [-0.15, -0.1) is 0 Å². The van der Waals surface area contributed by atoms with E-state index in [0.717, 1.165) is 0 Å². The van der Waals surface area contributed by atoms with Crippen LogP contribution < -0.4 is 0 Å². The maximum Gasteiger partial charge on any atom is 2.00 e. The third kappa shape index (κ3) is 9.08. The van der Waals surface area contributed by atoms with Crippen molar-refractivity contribution >= 4 is 62.4 Å². The Bertz CT molecular complexity index is 13.5. The molecule has 0 spiro atoms.